The summed E-state index contributed by atoms with van der Waals surface area (Å²) < 4.78 is 29.7. The zero-order valence-corrected chi connectivity index (χ0v) is 11.8. The second-order valence-corrected chi connectivity index (χ2v) is 6.26. The van der Waals surface area contributed by atoms with Crippen molar-refractivity contribution in [2.75, 3.05) is 32.5 Å². The average molecular weight is 300 g/mol. The van der Waals surface area contributed by atoms with Crippen molar-refractivity contribution in [1.29, 1.82) is 0 Å². The molecule has 0 bridgehead atoms. The summed E-state index contributed by atoms with van der Waals surface area (Å²) in [5.74, 6) is -0.285. The first-order valence-electron chi connectivity index (χ1n) is 6.05. The third-order valence-electron chi connectivity index (χ3n) is 2.82. The second kappa shape index (κ2) is 6.25. The van der Waals surface area contributed by atoms with Gasteiger partial charge in [-0.15, -0.1) is 0 Å². The van der Waals surface area contributed by atoms with E-state index in [0.717, 1.165) is 6.26 Å². The summed E-state index contributed by atoms with van der Waals surface area (Å²) >= 11 is 0. The lowest BCUT2D eigenvalue weighted by molar-refractivity contribution is -0.137. The predicted octanol–water partition coefficient (Wildman–Crippen LogP) is -1.07. The van der Waals surface area contributed by atoms with Crippen molar-refractivity contribution in [3.05, 3.63) is 24.3 Å². The number of morpholine rings is 1. The molecule has 1 aromatic rings. The molecule has 1 N–H and O–H groups in total. The van der Waals surface area contributed by atoms with Gasteiger partial charge in [0.15, 0.2) is 0 Å². The normalized spacial score (nSPS) is 19.9. The third kappa shape index (κ3) is 4.22. The Kier molecular flexibility index (Phi) is 4.63. The lowest BCUT2D eigenvalue weighted by Crippen LogP contribution is -2.46. The van der Waals surface area contributed by atoms with E-state index in [4.69, 9.17) is 4.74 Å². The molecule has 1 unspecified atom stereocenters. The maximum Gasteiger partial charge on any atom is 0.237 e. The topological polar surface area (TPSA) is 101 Å². The Labute approximate surface area is 117 Å². The highest BCUT2D eigenvalue weighted by Gasteiger charge is 2.26. The fraction of sp³-hybridized carbons (Fsp3) is 0.545. The van der Waals surface area contributed by atoms with E-state index >= 15 is 0 Å². The van der Waals surface area contributed by atoms with Gasteiger partial charge in [0.05, 0.1) is 37.8 Å². The molecule has 0 saturated carbocycles. The molecule has 2 heterocycles. The highest BCUT2D eigenvalue weighted by Crippen LogP contribution is 2.19. The Hall–Kier alpha value is -1.58. The fourth-order valence-electron chi connectivity index (χ4n) is 1.84. The second-order valence-electron chi connectivity index (χ2n) is 4.42. The van der Waals surface area contributed by atoms with Crippen molar-refractivity contribution in [3.63, 3.8) is 0 Å². The molecule has 0 spiro atoms. The van der Waals surface area contributed by atoms with Gasteiger partial charge in [-0.3, -0.25) is 14.8 Å². The van der Waals surface area contributed by atoms with Crippen molar-refractivity contribution < 1.29 is 17.9 Å². The Morgan fingerprint density at radius 1 is 1.55 bits per heavy atom. The standard InChI is InChI=1S/C11H16N4O4S/c1-20(17,18)14-7-11(16)15-4-5-19-10(8-15)9-6-12-2-3-13-9/h2-3,6,10,14H,4-5,7-8H2,1H3. The number of carbonyl (C=O) groups excluding carboxylic acids is 1. The molecule has 1 saturated heterocycles. The molecular weight excluding hydrogens is 284 g/mol. The summed E-state index contributed by atoms with van der Waals surface area (Å²) in [4.78, 5) is 21.6. The molecule has 0 aliphatic carbocycles. The first kappa shape index (κ1) is 14.8. The average Bonchev–Trinajstić information content (AvgIpc) is 2.45. The molecule has 1 fully saturated rings. The number of ether oxygens (including phenoxy) is 1. The Morgan fingerprint density at radius 3 is 3.00 bits per heavy atom. The van der Waals surface area contributed by atoms with Crippen molar-refractivity contribution in [3.8, 4) is 0 Å². The van der Waals surface area contributed by atoms with E-state index in [-0.39, 0.29) is 18.6 Å². The van der Waals surface area contributed by atoms with Crippen LogP contribution in [0.3, 0.4) is 0 Å². The maximum absolute atomic E-state index is 11.9. The van der Waals surface area contributed by atoms with Gasteiger partial charge in [0, 0.05) is 18.9 Å². The van der Waals surface area contributed by atoms with Gasteiger partial charge in [0.25, 0.3) is 0 Å². The summed E-state index contributed by atoms with van der Waals surface area (Å²) in [5, 5.41) is 0. The molecule has 2 rings (SSSR count). The van der Waals surface area contributed by atoms with Gasteiger partial charge >= 0.3 is 0 Å². The monoisotopic (exact) mass is 300 g/mol. The van der Waals surface area contributed by atoms with Crippen LogP contribution in [-0.2, 0) is 19.6 Å². The van der Waals surface area contributed by atoms with Crippen molar-refractivity contribution in [1.82, 2.24) is 19.6 Å². The van der Waals surface area contributed by atoms with E-state index in [0.29, 0.717) is 25.4 Å². The van der Waals surface area contributed by atoms with Crippen LogP contribution in [0.4, 0.5) is 0 Å². The number of sulfonamides is 1. The van der Waals surface area contributed by atoms with E-state index in [1.807, 2.05) is 0 Å². The van der Waals surface area contributed by atoms with Gasteiger partial charge in [-0.25, -0.2) is 13.1 Å². The molecule has 1 amide bonds. The summed E-state index contributed by atoms with van der Waals surface area (Å²) in [6.45, 7) is 0.905. The smallest absolute Gasteiger partial charge is 0.237 e. The minimum Gasteiger partial charge on any atom is -0.368 e. The highest BCUT2D eigenvalue weighted by atomic mass is 32.2. The number of hydrogen-bond acceptors (Lipinski definition) is 6. The van der Waals surface area contributed by atoms with Gasteiger partial charge in [-0.1, -0.05) is 0 Å². The minimum absolute atomic E-state index is 0.244. The molecule has 1 atom stereocenters. The third-order valence-corrected chi connectivity index (χ3v) is 3.49. The van der Waals surface area contributed by atoms with Crippen LogP contribution < -0.4 is 4.72 Å². The molecule has 0 radical (unpaired) electrons. The van der Waals surface area contributed by atoms with Gasteiger partial charge in [-0.2, -0.15) is 0 Å². The SMILES string of the molecule is CS(=O)(=O)NCC(=O)N1CCOC(c2cnccn2)C1. The highest BCUT2D eigenvalue weighted by molar-refractivity contribution is 7.88. The van der Waals surface area contributed by atoms with Crippen LogP contribution in [0.5, 0.6) is 0 Å². The van der Waals surface area contributed by atoms with Gasteiger partial charge in [0.2, 0.25) is 15.9 Å². The van der Waals surface area contributed by atoms with Gasteiger partial charge in [0.1, 0.15) is 6.10 Å². The van der Waals surface area contributed by atoms with Crippen molar-refractivity contribution in [2.45, 2.75) is 6.10 Å². The number of nitrogens with zero attached hydrogens (tertiary/aromatic N) is 3. The largest absolute Gasteiger partial charge is 0.368 e. The summed E-state index contributed by atoms with van der Waals surface area (Å²) in [6.07, 6.45) is 5.39. The first-order valence-corrected chi connectivity index (χ1v) is 7.95. The zero-order valence-electron chi connectivity index (χ0n) is 11.0. The van der Waals surface area contributed by atoms with E-state index < -0.39 is 10.0 Å². The van der Waals surface area contributed by atoms with Crippen LogP contribution in [-0.4, -0.2) is 61.7 Å². The molecule has 8 nitrogen and oxygen atoms in total. The van der Waals surface area contributed by atoms with Crippen molar-refractivity contribution in [2.24, 2.45) is 0 Å². The number of amides is 1. The summed E-state index contributed by atoms with van der Waals surface area (Å²) in [7, 11) is -3.37. The quantitative estimate of drug-likeness (QED) is 0.759. The van der Waals surface area contributed by atoms with E-state index in [1.165, 1.54) is 0 Å². The Balaban J connectivity index is 1.95. The number of hydrogen-bond donors (Lipinski definition) is 1. The lowest BCUT2D eigenvalue weighted by Gasteiger charge is -2.32. The molecule has 1 aliphatic heterocycles. The van der Waals surface area contributed by atoms with E-state index in [2.05, 4.69) is 14.7 Å². The van der Waals surface area contributed by atoms with Crippen LogP contribution >= 0.6 is 0 Å². The van der Waals surface area contributed by atoms with Gasteiger partial charge < -0.3 is 9.64 Å². The van der Waals surface area contributed by atoms with Crippen LogP contribution in [0.25, 0.3) is 0 Å². The predicted molar refractivity (Wildman–Crippen MR) is 70.2 cm³/mol. The zero-order chi connectivity index (χ0) is 14.6. The molecular formula is C11H16N4O4S. The maximum atomic E-state index is 11.9. The van der Waals surface area contributed by atoms with Crippen LogP contribution in [0, 0.1) is 0 Å². The number of rotatable bonds is 4. The number of aromatic nitrogens is 2. The molecule has 9 heteroatoms. The molecule has 1 aromatic heterocycles. The van der Waals surface area contributed by atoms with E-state index in [1.54, 1.807) is 23.5 Å². The van der Waals surface area contributed by atoms with Crippen LogP contribution in [0.15, 0.2) is 18.6 Å². The first-order chi connectivity index (χ1) is 9.46. The fourth-order valence-corrected chi connectivity index (χ4v) is 2.22. The van der Waals surface area contributed by atoms with Crippen LogP contribution in [0.1, 0.15) is 11.8 Å². The molecule has 0 aromatic carbocycles. The summed E-state index contributed by atoms with van der Waals surface area (Å²) in [6, 6.07) is 0. The number of carbonyl (C=O) groups is 1. The molecule has 1 aliphatic rings. The van der Waals surface area contributed by atoms with Gasteiger partial charge in [-0.05, 0) is 0 Å². The van der Waals surface area contributed by atoms with Crippen LogP contribution in [0.2, 0.25) is 0 Å². The lowest BCUT2D eigenvalue weighted by atomic mass is 10.2. The Bertz CT molecular complexity index is 563. The van der Waals surface area contributed by atoms with Crippen molar-refractivity contribution >= 4 is 15.9 Å². The summed E-state index contributed by atoms with van der Waals surface area (Å²) in [5.41, 5.74) is 0.654. The molecule has 20 heavy (non-hydrogen) atoms. The number of nitrogens with one attached hydrogen (secondary N) is 1. The van der Waals surface area contributed by atoms with E-state index in [9.17, 15) is 13.2 Å². The minimum atomic E-state index is -3.37. The molecule has 110 valence electrons. The Morgan fingerprint density at radius 2 is 2.35 bits per heavy atom.